The molecule has 3 aromatic carbocycles. The zero-order valence-electron chi connectivity index (χ0n) is 21.7. The summed E-state index contributed by atoms with van der Waals surface area (Å²) < 4.78 is 13.3. The quantitative estimate of drug-likeness (QED) is 0.143. The van der Waals surface area contributed by atoms with Gasteiger partial charge >= 0.3 is 5.97 Å². The SMILES string of the molecule is O=C(Nc1nc(-c2ccc(F)cc2)cs1)C(Sc1cccc(NC(=O)C2CC=CCC2C(=O)O)c1)c1ccccc1. The normalized spacial score (nSPS) is 17.0. The lowest BCUT2D eigenvalue weighted by molar-refractivity contribution is -0.146. The summed E-state index contributed by atoms with van der Waals surface area (Å²) in [6.07, 6.45) is 4.32. The lowest BCUT2D eigenvalue weighted by atomic mass is 9.82. The Hall–Kier alpha value is -4.28. The van der Waals surface area contributed by atoms with Crippen LogP contribution in [-0.4, -0.2) is 27.9 Å². The average molecular weight is 588 g/mol. The molecule has 3 atom stereocenters. The number of aliphatic carboxylic acids is 1. The molecule has 0 fully saturated rings. The Morgan fingerprint density at radius 2 is 1.66 bits per heavy atom. The van der Waals surface area contributed by atoms with Gasteiger partial charge in [-0.1, -0.05) is 48.6 Å². The van der Waals surface area contributed by atoms with E-state index in [1.165, 1.54) is 35.2 Å². The van der Waals surface area contributed by atoms with Crippen LogP contribution in [0.3, 0.4) is 0 Å². The van der Waals surface area contributed by atoms with Crippen molar-refractivity contribution in [2.45, 2.75) is 23.0 Å². The fraction of sp³-hybridized carbons (Fsp3) is 0.161. The largest absolute Gasteiger partial charge is 0.481 e. The minimum atomic E-state index is -0.986. The molecule has 5 rings (SSSR count). The van der Waals surface area contributed by atoms with E-state index in [0.29, 0.717) is 29.4 Å². The maximum absolute atomic E-state index is 13.5. The van der Waals surface area contributed by atoms with Gasteiger partial charge in [-0.25, -0.2) is 9.37 Å². The van der Waals surface area contributed by atoms with Gasteiger partial charge in [0.1, 0.15) is 11.1 Å². The highest BCUT2D eigenvalue weighted by atomic mass is 32.2. The van der Waals surface area contributed by atoms with Gasteiger partial charge in [-0.05, 0) is 60.9 Å². The van der Waals surface area contributed by atoms with Crippen LogP contribution in [-0.2, 0) is 14.4 Å². The van der Waals surface area contributed by atoms with Gasteiger partial charge in [0.15, 0.2) is 5.13 Å². The number of rotatable bonds is 9. The van der Waals surface area contributed by atoms with E-state index in [1.54, 1.807) is 41.8 Å². The van der Waals surface area contributed by atoms with E-state index < -0.39 is 23.1 Å². The number of hydrogen-bond donors (Lipinski definition) is 3. The van der Waals surface area contributed by atoms with E-state index in [9.17, 15) is 23.9 Å². The van der Waals surface area contributed by atoms with Crippen LogP contribution in [0.25, 0.3) is 11.3 Å². The number of allylic oxidation sites excluding steroid dienone is 2. The van der Waals surface area contributed by atoms with Crippen molar-refractivity contribution in [2.24, 2.45) is 11.8 Å². The summed E-state index contributed by atoms with van der Waals surface area (Å²) in [6.45, 7) is 0. The van der Waals surface area contributed by atoms with Crippen molar-refractivity contribution in [3.05, 3.63) is 108 Å². The van der Waals surface area contributed by atoms with E-state index in [2.05, 4.69) is 15.6 Å². The monoisotopic (exact) mass is 587 g/mol. The van der Waals surface area contributed by atoms with Gasteiger partial charge in [-0.3, -0.25) is 14.4 Å². The average Bonchev–Trinajstić information content (AvgIpc) is 3.45. The highest BCUT2D eigenvalue weighted by molar-refractivity contribution is 8.00. The van der Waals surface area contributed by atoms with Crippen LogP contribution < -0.4 is 10.6 Å². The van der Waals surface area contributed by atoms with Gasteiger partial charge in [0, 0.05) is 21.5 Å². The number of carbonyl (C=O) groups is 3. The number of carboxylic acids is 1. The predicted molar refractivity (Wildman–Crippen MR) is 159 cm³/mol. The van der Waals surface area contributed by atoms with Crippen molar-refractivity contribution >= 4 is 51.7 Å². The topological polar surface area (TPSA) is 108 Å². The standard InChI is InChI=1S/C31H26FN3O4S2/c32-21-15-13-19(14-16-21)26-18-40-31(34-26)35-29(37)27(20-7-2-1-3-8-20)41-23-10-6-9-22(17-23)33-28(36)24-11-4-5-12-25(24)30(38)39/h1-10,13-18,24-25,27H,11-12H2,(H,33,36)(H,38,39)(H,34,35,37). The lowest BCUT2D eigenvalue weighted by Gasteiger charge is -2.24. The third kappa shape index (κ3) is 7.08. The first-order valence-electron chi connectivity index (χ1n) is 12.9. The molecular weight excluding hydrogens is 561 g/mol. The predicted octanol–water partition coefficient (Wildman–Crippen LogP) is 7.03. The summed E-state index contributed by atoms with van der Waals surface area (Å²) in [5, 5.41) is 16.9. The molecule has 7 nitrogen and oxygen atoms in total. The molecule has 1 heterocycles. The fourth-order valence-electron chi connectivity index (χ4n) is 4.55. The summed E-state index contributed by atoms with van der Waals surface area (Å²) >= 11 is 2.60. The zero-order valence-corrected chi connectivity index (χ0v) is 23.3. The van der Waals surface area contributed by atoms with E-state index in [0.717, 1.165) is 16.0 Å². The summed E-state index contributed by atoms with van der Waals surface area (Å²) in [5.74, 6) is -3.36. The second-order valence-corrected chi connectivity index (χ2v) is 11.5. The molecule has 0 radical (unpaired) electrons. The molecule has 1 aliphatic rings. The number of carbonyl (C=O) groups excluding carboxylic acids is 2. The van der Waals surface area contributed by atoms with Crippen LogP contribution >= 0.6 is 23.1 Å². The Labute approximate surface area is 244 Å². The summed E-state index contributed by atoms with van der Waals surface area (Å²) in [7, 11) is 0. The van der Waals surface area contributed by atoms with Gasteiger partial charge in [0.05, 0.1) is 17.5 Å². The number of halogens is 1. The third-order valence-electron chi connectivity index (χ3n) is 6.66. The van der Waals surface area contributed by atoms with Gasteiger partial charge in [0.25, 0.3) is 0 Å². The number of aromatic nitrogens is 1. The molecule has 3 unspecified atom stereocenters. The summed E-state index contributed by atoms with van der Waals surface area (Å²) in [5.41, 5.74) is 2.69. The molecular formula is C31H26FN3O4S2. The molecule has 0 aliphatic heterocycles. The number of thioether (sulfide) groups is 1. The van der Waals surface area contributed by atoms with E-state index in [1.807, 2.05) is 42.5 Å². The maximum Gasteiger partial charge on any atom is 0.307 e. The molecule has 2 amide bonds. The molecule has 0 spiro atoms. The molecule has 3 N–H and O–H groups in total. The Morgan fingerprint density at radius 1 is 0.927 bits per heavy atom. The van der Waals surface area contributed by atoms with Crippen molar-refractivity contribution < 1.29 is 23.9 Å². The first-order chi connectivity index (χ1) is 19.9. The number of nitrogens with zero attached hydrogens (tertiary/aromatic N) is 1. The van der Waals surface area contributed by atoms with Crippen molar-refractivity contribution in [1.82, 2.24) is 4.98 Å². The van der Waals surface area contributed by atoms with Crippen LogP contribution in [0.4, 0.5) is 15.2 Å². The number of hydrogen-bond acceptors (Lipinski definition) is 6. The van der Waals surface area contributed by atoms with Crippen molar-refractivity contribution in [2.75, 3.05) is 10.6 Å². The first-order valence-corrected chi connectivity index (χ1v) is 14.7. The van der Waals surface area contributed by atoms with E-state index in [4.69, 9.17) is 0 Å². The first kappa shape index (κ1) is 28.3. The molecule has 10 heteroatoms. The van der Waals surface area contributed by atoms with E-state index >= 15 is 0 Å². The van der Waals surface area contributed by atoms with Crippen molar-refractivity contribution in [3.8, 4) is 11.3 Å². The molecule has 41 heavy (non-hydrogen) atoms. The smallest absolute Gasteiger partial charge is 0.307 e. The van der Waals surface area contributed by atoms with Crippen molar-refractivity contribution in [1.29, 1.82) is 0 Å². The second-order valence-electron chi connectivity index (χ2n) is 9.45. The summed E-state index contributed by atoms with van der Waals surface area (Å²) in [4.78, 5) is 43.4. The van der Waals surface area contributed by atoms with Crippen LogP contribution in [0.2, 0.25) is 0 Å². The fourth-order valence-corrected chi connectivity index (χ4v) is 6.36. The Morgan fingerprint density at radius 3 is 2.39 bits per heavy atom. The lowest BCUT2D eigenvalue weighted by Crippen LogP contribution is -2.34. The molecule has 1 aromatic heterocycles. The maximum atomic E-state index is 13.5. The number of amides is 2. The van der Waals surface area contributed by atoms with Crippen LogP contribution in [0.1, 0.15) is 23.7 Å². The van der Waals surface area contributed by atoms with Gasteiger partial charge < -0.3 is 15.7 Å². The van der Waals surface area contributed by atoms with Gasteiger partial charge in [0.2, 0.25) is 11.8 Å². The number of thiazole rings is 1. The molecule has 208 valence electrons. The second kappa shape index (κ2) is 12.9. The third-order valence-corrected chi connectivity index (χ3v) is 8.66. The zero-order chi connectivity index (χ0) is 28.8. The number of carboxylic acid groups (broad SMARTS) is 1. The summed E-state index contributed by atoms with van der Waals surface area (Å²) in [6, 6.07) is 22.5. The van der Waals surface area contributed by atoms with Crippen LogP contribution in [0, 0.1) is 17.7 Å². The minimum Gasteiger partial charge on any atom is -0.481 e. The molecule has 4 aromatic rings. The molecule has 0 bridgehead atoms. The van der Waals surface area contributed by atoms with Crippen molar-refractivity contribution in [3.63, 3.8) is 0 Å². The number of anilines is 2. The Kier molecular flexibility index (Phi) is 8.91. The molecule has 0 saturated heterocycles. The number of benzene rings is 3. The molecule has 1 aliphatic carbocycles. The highest BCUT2D eigenvalue weighted by Gasteiger charge is 2.34. The number of nitrogens with one attached hydrogen (secondary N) is 2. The Balaban J connectivity index is 1.32. The van der Waals surface area contributed by atoms with E-state index in [-0.39, 0.29) is 17.6 Å². The van der Waals surface area contributed by atoms with Gasteiger partial charge in [-0.2, -0.15) is 0 Å². The minimum absolute atomic E-state index is 0.270. The van der Waals surface area contributed by atoms with Crippen LogP contribution in [0.15, 0.2) is 101 Å². The highest BCUT2D eigenvalue weighted by Crippen LogP contribution is 2.38. The molecule has 0 saturated carbocycles. The Bertz CT molecular complexity index is 1570. The van der Waals surface area contributed by atoms with Crippen LogP contribution in [0.5, 0.6) is 0 Å². The van der Waals surface area contributed by atoms with Gasteiger partial charge in [-0.15, -0.1) is 23.1 Å².